The molecule has 0 fully saturated rings. The van der Waals surface area contributed by atoms with Crippen LogP contribution in [0.25, 0.3) is 149 Å². The van der Waals surface area contributed by atoms with Gasteiger partial charge in [-0.25, -0.2) is 4.98 Å². The third-order valence-electron chi connectivity index (χ3n) is 16.5. The molecule has 0 atom stereocenters. The lowest BCUT2D eigenvalue weighted by Crippen LogP contribution is -2.04. The number of H-pyrrole nitrogens is 1. The van der Waals surface area contributed by atoms with Crippen LogP contribution in [0.5, 0.6) is 0 Å². The maximum atomic E-state index is 10.6. The topological polar surface area (TPSA) is 67.3 Å². The Kier molecular flexibility index (Phi) is 10.8. The molecule has 0 aliphatic rings. The van der Waals surface area contributed by atoms with Crippen LogP contribution in [0.4, 0.5) is 0 Å². The number of aromatic amines is 1. The molecular formula is C76H48N6. The first-order valence-electron chi connectivity index (χ1n) is 27.8. The van der Waals surface area contributed by atoms with E-state index in [-0.39, 0.29) is 0 Å². The lowest BCUT2D eigenvalue weighted by Gasteiger charge is -2.16. The molecule has 82 heavy (non-hydrogen) atoms. The molecule has 5 aromatic heterocycles. The number of hydrogen-bond acceptors (Lipinski definition) is 2. The van der Waals surface area contributed by atoms with Gasteiger partial charge in [0.05, 0.1) is 44.2 Å². The van der Waals surface area contributed by atoms with Crippen molar-refractivity contribution in [2.45, 2.75) is 0 Å². The fourth-order valence-electron chi connectivity index (χ4n) is 12.8. The van der Waals surface area contributed by atoms with Gasteiger partial charge in [-0.05, 0) is 119 Å². The Hall–Kier alpha value is -11.3. The summed E-state index contributed by atoms with van der Waals surface area (Å²) in [6.45, 7) is 0. The van der Waals surface area contributed by atoms with Crippen molar-refractivity contribution in [3.63, 3.8) is 0 Å². The van der Waals surface area contributed by atoms with Crippen molar-refractivity contribution in [3.05, 3.63) is 291 Å². The number of nitrogens with one attached hydrogen (secondary N) is 1. The predicted molar refractivity (Wildman–Crippen MR) is 342 cm³/mol. The summed E-state index contributed by atoms with van der Waals surface area (Å²) in [7, 11) is 0. The Morgan fingerprint density at radius 1 is 0.293 bits per heavy atom. The minimum atomic E-state index is 0.626. The van der Waals surface area contributed by atoms with E-state index in [4.69, 9.17) is 4.98 Å². The molecule has 0 saturated carbocycles. The lowest BCUT2D eigenvalue weighted by atomic mass is 9.97. The molecule has 12 aromatic carbocycles. The molecule has 17 rings (SSSR count). The van der Waals surface area contributed by atoms with Gasteiger partial charge in [0.15, 0.2) is 0 Å². The van der Waals surface area contributed by atoms with Crippen LogP contribution in [-0.4, -0.2) is 23.7 Å². The third-order valence-corrected chi connectivity index (χ3v) is 16.5. The molecule has 0 saturated heterocycles. The average molecular weight is 1050 g/mol. The van der Waals surface area contributed by atoms with Gasteiger partial charge in [0.25, 0.3) is 0 Å². The van der Waals surface area contributed by atoms with E-state index in [1.807, 2.05) is 42.5 Å². The molecule has 0 unspecified atom stereocenters. The molecule has 382 valence electrons. The number of fused-ring (bicyclic) bond motifs is 13. The Balaban J connectivity index is 0.000000149. The Morgan fingerprint density at radius 3 is 1.30 bits per heavy atom. The van der Waals surface area contributed by atoms with Crippen LogP contribution in [0.15, 0.2) is 285 Å². The van der Waals surface area contributed by atoms with Gasteiger partial charge in [-0.1, -0.05) is 194 Å². The molecule has 5 heterocycles. The smallest absolute Gasteiger partial charge is 0.147 e. The van der Waals surface area contributed by atoms with Crippen LogP contribution in [-0.2, 0) is 0 Å². The molecule has 0 amide bonds. The Labute approximate surface area is 471 Å². The molecule has 0 spiro atoms. The standard InChI is InChI=1S/C46H28N4.C30H20N2/c47-29-39-34-17-7-10-20-40(34)48-46(45(39)30-13-3-1-4-14-30)50-42-22-12-9-19-36(42)38-27-31(24-26-43(38)50)32-23-25-37-35-18-8-11-21-41(35)49(44(37)28-32)33-15-5-2-6-16-33;1-2-8-22(9-3-1)32-29-13-7-5-11-24(29)25-16-14-21(19-30(25)32)20-15-17-28-26(18-20)23-10-4-6-12-27(23)31-28/h1-28H;1-19,31H. The van der Waals surface area contributed by atoms with Crippen molar-refractivity contribution in [2.75, 3.05) is 0 Å². The minimum Gasteiger partial charge on any atom is -0.355 e. The highest BCUT2D eigenvalue weighted by Gasteiger charge is 2.23. The normalized spacial score (nSPS) is 11.6. The number of pyridine rings is 1. The second-order valence-electron chi connectivity index (χ2n) is 21.0. The van der Waals surface area contributed by atoms with Crippen LogP contribution in [0.3, 0.4) is 0 Å². The molecule has 6 nitrogen and oxygen atoms in total. The van der Waals surface area contributed by atoms with Gasteiger partial charge in [0.1, 0.15) is 11.9 Å². The van der Waals surface area contributed by atoms with E-state index >= 15 is 0 Å². The minimum absolute atomic E-state index is 0.626. The molecule has 0 bridgehead atoms. The number of para-hydroxylation sites is 7. The lowest BCUT2D eigenvalue weighted by molar-refractivity contribution is 1.10. The number of hydrogen-bond donors (Lipinski definition) is 1. The number of nitrogens with zero attached hydrogens (tertiary/aromatic N) is 5. The predicted octanol–water partition coefficient (Wildman–Crippen LogP) is 19.7. The maximum Gasteiger partial charge on any atom is 0.147 e. The summed E-state index contributed by atoms with van der Waals surface area (Å²) in [5, 5.41) is 21.3. The van der Waals surface area contributed by atoms with E-state index in [1.54, 1.807) is 0 Å². The van der Waals surface area contributed by atoms with Gasteiger partial charge in [-0.3, -0.25) is 4.57 Å². The van der Waals surface area contributed by atoms with Crippen molar-refractivity contribution in [1.29, 1.82) is 5.26 Å². The first kappa shape index (κ1) is 46.8. The highest BCUT2D eigenvalue weighted by Crippen LogP contribution is 2.42. The largest absolute Gasteiger partial charge is 0.355 e. The Bertz CT molecular complexity index is 5400. The van der Waals surface area contributed by atoms with Gasteiger partial charge >= 0.3 is 0 Å². The van der Waals surface area contributed by atoms with Gasteiger partial charge in [0.2, 0.25) is 0 Å². The number of aromatic nitrogens is 5. The fourth-order valence-corrected chi connectivity index (χ4v) is 12.8. The van der Waals surface area contributed by atoms with Crippen molar-refractivity contribution < 1.29 is 0 Å². The highest BCUT2D eigenvalue weighted by atomic mass is 15.1. The van der Waals surface area contributed by atoms with E-state index in [0.29, 0.717) is 5.56 Å². The molecule has 0 radical (unpaired) electrons. The van der Waals surface area contributed by atoms with Crippen LogP contribution in [0.2, 0.25) is 0 Å². The summed E-state index contributed by atoms with van der Waals surface area (Å²) < 4.78 is 6.97. The van der Waals surface area contributed by atoms with Crippen LogP contribution < -0.4 is 0 Å². The summed E-state index contributed by atoms with van der Waals surface area (Å²) in [6, 6.07) is 103. The third kappa shape index (κ3) is 7.45. The van der Waals surface area contributed by atoms with Crippen molar-refractivity contribution >= 4 is 98.1 Å². The van der Waals surface area contributed by atoms with Crippen LogP contribution >= 0.6 is 0 Å². The van der Waals surface area contributed by atoms with Gasteiger partial charge in [-0.2, -0.15) is 5.26 Å². The van der Waals surface area contributed by atoms with Gasteiger partial charge in [0, 0.05) is 76.4 Å². The quantitative estimate of drug-likeness (QED) is 0.180. The van der Waals surface area contributed by atoms with Crippen LogP contribution in [0, 0.1) is 11.3 Å². The molecule has 0 aliphatic heterocycles. The SMILES string of the molecule is N#Cc1c(-c2ccccc2)c(-n2c3ccccc3c3cc(-c4ccc5c6ccccc6n(-c6ccccc6)c5c4)ccc32)nc2ccccc12.c1ccc(-n2c3ccccc3c3ccc(-c4ccc5[nH]c6ccccc6c5c4)cc32)cc1. The summed E-state index contributed by atoms with van der Waals surface area (Å²) in [4.78, 5) is 8.82. The highest BCUT2D eigenvalue weighted by molar-refractivity contribution is 6.14. The molecule has 0 aliphatic carbocycles. The van der Waals surface area contributed by atoms with Crippen molar-refractivity contribution in [2.24, 2.45) is 0 Å². The molecule has 1 N–H and O–H groups in total. The van der Waals surface area contributed by atoms with E-state index in [2.05, 4.69) is 267 Å². The number of nitriles is 1. The Morgan fingerprint density at radius 2 is 0.707 bits per heavy atom. The fraction of sp³-hybridized carbons (Fsp3) is 0. The summed E-state index contributed by atoms with van der Waals surface area (Å²) in [5.41, 5.74) is 19.6. The van der Waals surface area contributed by atoms with E-state index in [0.717, 1.165) is 66.5 Å². The molecule has 17 aromatic rings. The first-order chi connectivity index (χ1) is 40.6. The number of rotatable bonds is 6. The van der Waals surface area contributed by atoms with Crippen molar-refractivity contribution in [1.82, 2.24) is 23.7 Å². The van der Waals surface area contributed by atoms with E-state index in [9.17, 15) is 5.26 Å². The van der Waals surface area contributed by atoms with Gasteiger partial charge < -0.3 is 14.1 Å². The number of benzene rings is 12. The summed E-state index contributed by atoms with van der Waals surface area (Å²) in [5.74, 6) is 0.749. The monoisotopic (exact) mass is 1040 g/mol. The second kappa shape index (κ2) is 19.0. The molecule has 6 heteroatoms. The maximum absolute atomic E-state index is 10.6. The van der Waals surface area contributed by atoms with Crippen LogP contribution in [0.1, 0.15) is 5.56 Å². The summed E-state index contributed by atoms with van der Waals surface area (Å²) >= 11 is 0. The zero-order valence-electron chi connectivity index (χ0n) is 44.4. The average Bonchev–Trinajstić information content (AvgIpc) is 3.44. The zero-order valence-corrected chi connectivity index (χ0v) is 44.4. The second-order valence-corrected chi connectivity index (χ2v) is 21.0. The van der Waals surface area contributed by atoms with Crippen molar-refractivity contribution in [3.8, 4) is 56.6 Å². The van der Waals surface area contributed by atoms with E-state index < -0.39 is 0 Å². The first-order valence-corrected chi connectivity index (χ1v) is 27.8. The zero-order chi connectivity index (χ0) is 54.3. The summed E-state index contributed by atoms with van der Waals surface area (Å²) in [6.07, 6.45) is 0. The molecular weight excluding hydrogens is 997 g/mol. The van der Waals surface area contributed by atoms with Gasteiger partial charge in [-0.15, -0.1) is 0 Å². The van der Waals surface area contributed by atoms with E-state index in [1.165, 1.54) is 82.2 Å².